The van der Waals surface area contributed by atoms with Gasteiger partial charge in [0.2, 0.25) is 0 Å². The third-order valence-electron chi connectivity index (χ3n) is 6.93. The maximum atomic E-state index is 11.9. The van der Waals surface area contributed by atoms with Gasteiger partial charge in [-0.2, -0.15) is 0 Å². The second-order valence-corrected chi connectivity index (χ2v) is 9.37. The van der Waals surface area contributed by atoms with E-state index in [2.05, 4.69) is 40.3 Å². The summed E-state index contributed by atoms with van der Waals surface area (Å²) in [5, 5.41) is 0. The van der Waals surface area contributed by atoms with Crippen LogP contribution in [-0.2, 0) is 16.1 Å². The third-order valence-corrected chi connectivity index (χ3v) is 6.93. The number of carbonyl (C=O) groups is 1. The molecule has 0 spiro atoms. The van der Waals surface area contributed by atoms with Gasteiger partial charge in [0.05, 0.1) is 20.3 Å². The molecule has 3 heteroatoms. The summed E-state index contributed by atoms with van der Waals surface area (Å²) >= 11 is 0. The van der Waals surface area contributed by atoms with Crippen molar-refractivity contribution in [2.75, 3.05) is 13.7 Å². The van der Waals surface area contributed by atoms with Crippen molar-refractivity contribution < 1.29 is 14.3 Å². The van der Waals surface area contributed by atoms with E-state index >= 15 is 0 Å². The molecule has 0 fully saturated rings. The van der Waals surface area contributed by atoms with Crippen molar-refractivity contribution in [3.63, 3.8) is 0 Å². The largest absolute Gasteiger partial charge is 0.497 e. The molecule has 0 bridgehead atoms. The van der Waals surface area contributed by atoms with Crippen molar-refractivity contribution in [2.24, 2.45) is 11.3 Å². The minimum atomic E-state index is -0.0160. The molecule has 0 aromatic heterocycles. The molecule has 0 saturated carbocycles. The SMILES string of the molecule is C=C(C)CC/C=C(\C)CC[C@]1(C)C(COCc2ccc(OC)cc2)=C(C=O)CC[C@H]1C. The van der Waals surface area contributed by atoms with Crippen LogP contribution >= 0.6 is 0 Å². The summed E-state index contributed by atoms with van der Waals surface area (Å²) in [6.45, 7) is 14.0. The van der Waals surface area contributed by atoms with Gasteiger partial charge in [0, 0.05) is 0 Å². The molecule has 1 aliphatic carbocycles. The van der Waals surface area contributed by atoms with Crippen LogP contribution in [0.15, 0.2) is 59.2 Å². The third kappa shape index (κ3) is 7.21. The van der Waals surface area contributed by atoms with Crippen LogP contribution in [0.3, 0.4) is 0 Å². The zero-order chi connectivity index (χ0) is 22.9. The Bertz CT molecular complexity index is 800. The van der Waals surface area contributed by atoms with Gasteiger partial charge in [-0.1, -0.05) is 43.2 Å². The van der Waals surface area contributed by atoms with E-state index in [-0.39, 0.29) is 5.41 Å². The first-order chi connectivity index (χ1) is 14.8. The lowest BCUT2D eigenvalue weighted by molar-refractivity contribution is -0.105. The Balaban J connectivity index is 2.07. The fourth-order valence-electron chi connectivity index (χ4n) is 4.41. The normalized spacial score (nSPS) is 21.8. The lowest BCUT2D eigenvalue weighted by Crippen LogP contribution is -2.35. The summed E-state index contributed by atoms with van der Waals surface area (Å²) in [5.74, 6) is 1.37. The molecule has 2 rings (SSSR count). The molecule has 170 valence electrons. The molecule has 0 unspecified atom stereocenters. The van der Waals surface area contributed by atoms with E-state index in [9.17, 15) is 4.79 Å². The van der Waals surface area contributed by atoms with Crippen molar-refractivity contribution in [3.8, 4) is 5.75 Å². The summed E-state index contributed by atoms with van der Waals surface area (Å²) in [6, 6.07) is 7.94. The zero-order valence-electron chi connectivity index (χ0n) is 20.1. The minimum Gasteiger partial charge on any atom is -0.497 e. The van der Waals surface area contributed by atoms with Crippen LogP contribution in [0.5, 0.6) is 5.75 Å². The average molecular weight is 425 g/mol. The minimum absolute atomic E-state index is 0.0160. The van der Waals surface area contributed by atoms with E-state index in [1.54, 1.807) is 7.11 Å². The Morgan fingerprint density at radius 3 is 2.52 bits per heavy atom. The summed E-state index contributed by atoms with van der Waals surface area (Å²) < 4.78 is 11.3. The van der Waals surface area contributed by atoms with Crippen molar-refractivity contribution in [1.82, 2.24) is 0 Å². The Kier molecular flexibility index (Phi) is 9.77. The summed E-state index contributed by atoms with van der Waals surface area (Å²) in [6.07, 6.45) is 9.51. The number of benzene rings is 1. The first-order valence-electron chi connectivity index (χ1n) is 11.5. The van der Waals surface area contributed by atoms with E-state index in [0.717, 1.165) is 61.7 Å². The molecule has 1 aromatic carbocycles. The summed E-state index contributed by atoms with van der Waals surface area (Å²) in [5.41, 5.74) is 5.88. The Hall–Kier alpha value is -2.13. The molecule has 2 atom stereocenters. The van der Waals surface area contributed by atoms with Gasteiger partial charge in [-0.05, 0) is 92.5 Å². The first-order valence-corrected chi connectivity index (χ1v) is 11.5. The number of aldehydes is 1. The number of methoxy groups -OCH3 is 1. The van der Waals surface area contributed by atoms with Crippen LogP contribution in [-0.4, -0.2) is 20.0 Å². The standard InChI is InChI=1S/C28H40O3/c1-21(2)8-7-9-22(3)16-17-28(5)23(4)10-13-25(18-29)27(28)20-31-19-24-11-14-26(30-6)15-12-24/h9,11-12,14-15,18,23H,1,7-8,10,13,16-17,19-20H2,2-6H3/b22-9+/t23-,28+/m1/s1. The first kappa shape index (κ1) is 25.1. The van der Waals surface area contributed by atoms with Crippen LogP contribution < -0.4 is 4.74 Å². The Morgan fingerprint density at radius 2 is 1.90 bits per heavy atom. The second-order valence-electron chi connectivity index (χ2n) is 9.37. The van der Waals surface area contributed by atoms with Gasteiger partial charge in [0.1, 0.15) is 12.0 Å². The number of carbonyl (C=O) groups excluding carboxylic acids is 1. The molecule has 31 heavy (non-hydrogen) atoms. The van der Waals surface area contributed by atoms with Crippen LogP contribution in [0.1, 0.15) is 71.8 Å². The number of hydrogen-bond acceptors (Lipinski definition) is 3. The Morgan fingerprint density at radius 1 is 1.19 bits per heavy atom. The number of ether oxygens (including phenoxy) is 2. The molecule has 1 aliphatic rings. The summed E-state index contributed by atoms with van der Waals surface area (Å²) in [7, 11) is 1.67. The van der Waals surface area contributed by atoms with Gasteiger partial charge in [-0.15, -0.1) is 6.58 Å². The maximum Gasteiger partial charge on any atom is 0.146 e. The van der Waals surface area contributed by atoms with Gasteiger partial charge in [0.25, 0.3) is 0 Å². The predicted molar refractivity (Wildman–Crippen MR) is 129 cm³/mol. The molecule has 0 saturated heterocycles. The summed E-state index contributed by atoms with van der Waals surface area (Å²) in [4.78, 5) is 11.9. The highest BCUT2D eigenvalue weighted by molar-refractivity contribution is 5.75. The van der Waals surface area contributed by atoms with Crippen molar-refractivity contribution in [2.45, 2.75) is 72.8 Å². The molecular formula is C28H40O3. The molecule has 1 aromatic rings. The van der Waals surface area contributed by atoms with E-state index in [1.165, 1.54) is 16.7 Å². The van der Waals surface area contributed by atoms with E-state index in [4.69, 9.17) is 9.47 Å². The lowest BCUT2D eigenvalue weighted by atomic mass is 9.62. The molecule has 3 nitrogen and oxygen atoms in total. The van der Waals surface area contributed by atoms with Crippen LogP contribution in [0.2, 0.25) is 0 Å². The number of hydrogen-bond donors (Lipinski definition) is 0. The van der Waals surface area contributed by atoms with E-state index < -0.39 is 0 Å². The van der Waals surface area contributed by atoms with Gasteiger partial charge < -0.3 is 9.47 Å². The highest BCUT2D eigenvalue weighted by atomic mass is 16.5. The fourth-order valence-corrected chi connectivity index (χ4v) is 4.41. The van der Waals surface area contributed by atoms with Crippen LogP contribution in [0.25, 0.3) is 0 Å². The molecule has 0 N–H and O–H groups in total. The van der Waals surface area contributed by atoms with Gasteiger partial charge >= 0.3 is 0 Å². The zero-order valence-corrected chi connectivity index (χ0v) is 20.1. The highest BCUT2D eigenvalue weighted by Gasteiger charge is 2.39. The molecule has 0 radical (unpaired) electrons. The topological polar surface area (TPSA) is 35.5 Å². The lowest BCUT2D eigenvalue weighted by Gasteiger charge is -2.43. The van der Waals surface area contributed by atoms with E-state index in [1.807, 2.05) is 24.3 Å². The monoisotopic (exact) mass is 424 g/mol. The van der Waals surface area contributed by atoms with Gasteiger partial charge in [-0.3, -0.25) is 4.79 Å². The highest BCUT2D eigenvalue weighted by Crippen LogP contribution is 2.48. The predicted octanol–water partition coefficient (Wildman–Crippen LogP) is 7.23. The molecule has 0 heterocycles. The van der Waals surface area contributed by atoms with E-state index in [0.29, 0.717) is 19.1 Å². The smallest absolute Gasteiger partial charge is 0.146 e. The quantitative estimate of drug-likeness (QED) is 0.262. The van der Waals surface area contributed by atoms with Gasteiger partial charge in [-0.25, -0.2) is 0 Å². The van der Waals surface area contributed by atoms with Crippen LogP contribution in [0, 0.1) is 11.3 Å². The van der Waals surface area contributed by atoms with Crippen LogP contribution in [0.4, 0.5) is 0 Å². The van der Waals surface area contributed by atoms with Crippen molar-refractivity contribution in [1.29, 1.82) is 0 Å². The molecular weight excluding hydrogens is 384 g/mol. The number of rotatable bonds is 12. The number of allylic oxidation sites excluding steroid dienone is 4. The molecule has 0 aliphatic heterocycles. The second kappa shape index (κ2) is 12.0. The van der Waals surface area contributed by atoms with Crippen molar-refractivity contribution >= 4 is 6.29 Å². The fraction of sp³-hybridized carbons (Fsp3) is 0.536. The maximum absolute atomic E-state index is 11.9. The Labute approximate surface area is 189 Å². The van der Waals surface area contributed by atoms with Crippen molar-refractivity contribution in [3.05, 3.63) is 64.8 Å². The molecule has 0 amide bonds. The average Bonchev–Trinajstić information content (AvgIpc) is 2.76. The van der Waals surface area contributed by atoms with Gasteiger partial charge in [0.15, 0.2) is 0 Å².